The van der Waals surface area contributed by atoms with Crippen molar-refractivity contribution in [3.63, 3.8) is 0 Å². The maximum Gasteiger partial charge on any atom is 0.168 e. The van der Waals surface area contributed by atoms with E-state index in [1.165, 1.54) is 0 Å². The normalized spacial score (nSPS) is 22.0. The van der Waals surface area contributed by atoms with Crippen LogP contribution in [0.1, 0.15) is 38.3 Å². The van der Waals surface area contributed by atoms with E-state index >= 15 is 0 Å². The minimum atomic E-state index is -0.375. The van der Waals surface area contributed by atoms with Crippen molar-refractivity contribution in [2.45, 2.75) is 32.7 Å². The number of benzene rings is 1. The van der Waals surface area contributed by atoms with E-state index in [0.717, 1.165) is 35.5 Å². The van der Waals surface area contributed by atoms with E-state index in [1.54, 1.807) is 12.3 Å². The molecule has 24 heavy (non-hydrogen) atoms. The monoisotopic (exact) mass is 361 g/mol. The van der Waals surface area contributed by atoms with Crippen molar-refractivity contribution in [3.05, 3.63) is 57.3 Å². The summed E-state index contributed by atoms with van der Waals surface area (Å²) in [5.74, 6) is 1.05. The number of halogens is 2. The van der Waals surface area contributed by atoms with Gasteiger partial charge in [-0.2, -0.15) is 5.10 Å². The third-order valence-electron chi connectivity index (χ3n) is 4.91. The molecule has 2 aromatic rings. The predicted octanol–water partition coefficient (Wildman–Crippen LogP) is 4.85. The van der Waals surface area contributed by atoms with Gasteiger partial charge in [0.15, 0.2) is 5.78 Å². The van der Waals surface area contributed by atoms with Crippen LogP contribution in [-0.2, 0) is 4.79 Å². The van der Waals surface area contributed by atoms with Crippen LogP contribution in [0.15, 0.2) is 41.7 Å². The van der Waals surface area contributed by atoms with Gasteiger partial charge in [0.2, 0.25) is 0 Å². The summed E-state index contributed by atoms with van der Waals surface area (Å²) in [4.78, 5) is 13.2. The smallest absolute Gasteiger partial charge is 0.168 e. The fraction of sp³-hybridized carbons (Fsp3) is 0.333. The van der Waals surface area contributed by atoms with Crippen LogP contribution in [0.3, 0.4) is 0 Å². The first-order valence-corrected chi connectivity index (χ1v) is 8.67. The summed E-state index contributed by atoms with van der Waals surface area (Å²) in [5.41, 5.74) is 2.30. The highest BCUT2D eigenvalue weighted by atomic mass is 35.5. The van der Waals surface area contributed by atoms with Crippen LogP contribution in [0.2, 0.25) is 10.0 Å². The minimum Gasteiger partial charge on any atom is -0.343 e. The largest absolute Gasteiger partial charge is 0.343 e. The highest BCUT2D eigenvalue weighted by Gasteiger charge is 2.43. The van der Waals surface area contributed by atoms with Gasteiger partial charge in [-0.15, -0.1) is 0 Å². The Labute approximate surface area is 150 Å². The van der Waals surface area contributed by atoms with Crippen molar-refractivity contribution < 1.29 is 4.79 Å². The number of nitrogens with one attached hydrogen (secondary N) is 1. The second-order valence-electron chi connectivity index (χ2n) is 6.97. The SMILES string of the molecule is CC1(C)CCC2=C(C1=O)C(c1ccc(Cl)c(Cl)c1)n1nccc1N2. The van der Waals surface area contributed by atoms with Gasteiger partial charge in [0.1, 0.15) is 11.9 Å². The number of fused-ring (bicyclic) bond motifs is 1. The molecule has 1 aromatic carbocycles. The summed E-state index contributed by atoms with van der Waals surface area (Å²) in [6.45, 7) is 4.01. The summed E-state index contributed by atoms with van der Waals surface area (Å²) in [6.07, 6.45) is 3.41. The van der Waals surface area contributed by atoms with E-state index in [9.17, 15) is 4.79 Å². The molecule has 1 aromatic heterocycles. The summed E-state index contributed by atoms with van der Waals surface area (Å²) >= 11 is 12.3. The Balaban J connectivity index is 1.93. The van der Waals surface area contributed by atoms with Gasteiger partial charge in [-0.1, -0.05) is 43.1 Å². The maximum absolute atomic E-state index is 13.2. The second-order valence-corrected chi connectivity index (χ2v) is 7.78. The molecule has 2 aliphatic rings. The van der Waals surface area contributed by atoms with E-state index in [0.29, 0.717) is 10.0 Å². The van der Waals surface area contributed by atoms with Crippen molar-refractivity contribution in [1.82, 2.24) is 9.78 Å². The number of hydrogen-bond donors (Lipinski definition) is 1. The molecule has 1 unspecified atom stereocenters. The molecule has 0 saturated carbocycles. The van der Waals surface area contributed by atoms with Crippen LogP contribution in [0.4, 0.5) is 5.82 Å². The molecule has 2 heterocycles. The average Bonchev–Trinajstić information content (AvgIpc) is 3.00. The third-order valence-corrected chi connectivity index (χ3v) is 5.65. The van der Waals surface area contributed by atoms with Crippen LogP contribution in [0.25, 0.3) is 0 Å². The van der Waals surface area contributed by atoms with E-state index in [-0.39, 0.29) is 17.2 Å². The summed E-state index contributed by atoms with van der Waals surface area (Å²) < 4.78 is 1.84. The van der Waals surface area contributed by atoms with Gasteiger partial charge >= 0.3 is 0 Å². The first-order chi connectivity index (χ1) is 11.4. The number of ketones is 1. The van der Waals surface area contributed by atoms with Crippen LogP contribution in [-0.4, -0.2) is 15.6 Å². The van der Waals surface area contributed by atoms with E-state index < -0.39 is 0 Å². The molecule has 0 fully saturated rings. The van der Waals surface area contributed by atoms with Gasteiger partial charge in [-0.3, -0.25) is 4.79 Å². The first-order valence-electron chi connectivity index (χ1n) is 7.92. The van der Waals surface area contributed by atoms with Gasteiger partial charge in [0, 0.05) is 22.8 Å². The summed E-state index contributed by atoms with van der Waals surface area (Å²) in [5, 5.41) is 8.78. The van der Waals surface area contributed by atoms with Gasteiger partial charge in [-0.25, -0.2) is 4.68 Å². The van der Waals surface area contributed by atoms with Crippen LogP contribution >= 0.6 is 23.2 Å². The zero-order chi connectivity index (χ0) is 17.1. The molecular weight excluding hydrogens is 345 g/mol. The van der Waals surface area contributed by atoms with E-state index in [1.807, 2.05) is 36.7 Å². The van der Waals surface area contributed by atoms with Gasteiger partial charge in [0.05, 0.1) is 16.2 Å². The number of allylic oxidation sites excluding steroid dienone is 2. The highest BCUT2D eigenvalue weighted by molar-refractivity contribution is 6.42. The second kappa shape index (κ2) is 5.36. The number of carbonyl (C=O) groups excluding carboxylic acids is 1. The highest BCUT2D eigenvalue weighted by Crippen LogP contribution is 2.46. The lowest BCUT2D eigenvalue weighted by Crippen LogP contribution is -2.39. The van der Waals surface area contributed by atoms with Gasteiger partial charge in [0.25, 0.3) is 0 Å². The van der Waals surface area contributed by atoms with Crippen molar-refractivity contribution in [3.8, 4) is 0 Å². The molecule has 0 amide bonds. The fourth-order valence-electron chi connectivity index (χ4n) is 3.49. The van der Waals surface area contributed by atoms with Crippen molar-refractivity contribution in [2.75, 3.05) is 5.32 Å². The Morgan fingerprint density at radius 2 is 2.04 bits per heavy atom. The molecular formula is C18H17Cl2N3O. The Bertz CT molecular complexity index is 882. The standard InChI is InChI=1S/C18H17Cl2N3O/c1-18(2)7-5-13-15(17(18)24)16(23-14(22-13)6-8-21-23)10-3-4-11(19)12(20)9-10/h3-4,6,8-9,16,22H,5,7H2,1-2H3. The number of anilines is 1. The number of rotatable bonds is 1. The van der Waals surface area contributed by atoms with Gasteiger partial charge < -0.3 is 5.32 Å². The van der Waals surface area contributed by atoms with Crippen molar-refractivity contribution in [2.24, 2.45) is 5.41 Å². The Morgan fingerprint density at radius 3 is 2.79 bits per heavy atom. The summed E-state index contributed by atoms with van der Waals surface area (Å²) in [7, 11) is 0. The molecule has 124 valence electrons. The van der Waals surface area contributed by atoms with Gasteiger partial charge in [-0.05, 0) is 30.5 Å². The average molecular weight is 362 g/mol. The third kappa shape index (κ3) is 2.28. The molecule has 1 atom stereocenters. The Hall–Kier alpha value is -1.78. The Kier molecular flexibility index (Phi) is 3.52. The van der Waals surface area contributed by atoms with E-state index in [4.69, 9.17) is 23.2 Å². The quantitative estimate of drug-likeness (QED) is 0.789. The summed E-state index contributed by atoms with van der Waals surface area (Å²) in [6, 6.07) is 7.13. The van der Waals surface area contributed by atoms with Crippen LogP contribution in [0.5, 0.6) is 0 Å². The lowest BCUT2D eigenvalue weighted by molar-refractivity contribution is -0.124. The fourth-order valence-corrected chi connectivity index (χ4v) is 3.80. The molecule has 1 aliphatic heterocycles. The molecule has 6 heteroatoms. The zero-order valence-electron chi connectivity index (χ0n) is 13.4. The molecule has 4 rings (SSSR count). The van der Waals surface area contributed by atoms with E-state index in [2.05, 4.69) is 10.4 Å². The maximum atomic E-state index is 13.2. The molecule has 0 radical (unpaired) electrons. The van der Waals surface area contributed by atoms with Crippen LogP contribution in [0, 0.1) is 5.41 Å². The molecule has 0 saturated heterocycles. The molecule has 0 spiro atoms. The molecule has 1 aliphatic carbocycles. The molecule has 4 nitrogen and oxygen atoms in total. The minimum absolute atomic E-state index is 0.161. The van der Waals surface area contributed by atoms with Crippen molar-refractivity contribution in [1.29, 1.82) is 0 Å². The predicted molar refractivity (Wildman–Crippen MR) is 95.5 cm³/mol. The lowest BCUT2D eigenvalue weighted by Gasteiger charge is -2.38. The molecule has 0 bridgehead atoms. The lowest BCUT2D eigenvalue weighted by atomic mass is 9.71. The Morgan fingerprint density at radius 1 is 1.25 bits per heavy atom. The number of nitrogens with zero attached hydrogens (tertiary/aromatic N) is 2. The van der Waals surface area contributed by atoms with Crippen molar-refractivity contribution >= 4 is 34.8 Å². The number of Topliss-reactive ketones (excluding diaryl/α,β-unsaturated/α-hetero) is 1. The zero-order valence-corrected chi connectivity index (χ0v) is 14.9. The number of hydrogen-bond acceptors (Lipinski definition) is 3. The molecule has 1 N–H and O–H groups in total. The first kappa shape index (κ1) is 15.7. The van der Waals surface area contributed by atoms with Crippen LogP contribution < -0.4 is 5.32 Å². The number of aromatic nitrogens is 2. The topological polar surface area (TPSA) is 46.9 Å². The number of carbonyl (C=O) groups is 1.